The molecule has 3 aliphatic rings. The molecule has 2 heterocycles. The van der Waals surface area contributed by atoms with Gasteiger partial charge < -0.3 is 14.8 Å². The quantitative estimate of drug-likeness (QED) is 0.601. The molecule has 3 heteroatoms. The highest BCUT2D eigenvalue weighted by atomic mass is 16.7. The number of rotatable bonds is 0. The fourth-order valence-corrected chi connectivity index (χ4v) is 3.03. The number of nitrogens with one attached hydrogen (secondary N) is 1. The van der Waals surface area contributed by atoms with Crippen molar-refractivity contribution in [1.29, 1.82) is 0 Å². The van der Waals surface area contributed by atoms with Crippen LogP contribution >= 0.6 is 0 Å². The van der Waals surface area contributed by atoms with Gasteiger partial charge in [-0.25, -0.2) is 0 Å². The molecule has 0 aromatic rings. The van der Waals surface area contributed by atoms with Crippen LogP contribution in [0.5, 0.6) is 0 Å². The van der Waals surface area contributed by atoms with E-state index < -0.39 is 0 Å². The van der Waals surface area contributed by atoms with Crippen LogP contribution in [-0.4, -0.2) is 32.1 Å². The van der Waals surface area contributed by atoms with Crippen LogP contribution in [0.1, 0.15) is 19.3 Å². The van der Waals surface area contributed by atoms with Crippen LogP contribution in [0, 0.1) is 11.8 Å². The van der Waals surface area contributed by atoms with E-state index in [1.54, 1.807) is 0 Å². The third kappa shape index (κ3) is 1.30. The predicted molar refractivity (Wildman–Crippen MR) is 48.3 cm³/mol. The second-order valence-corrected chi connectivity index (χ2v) is 4.53. The standard InChI is InChI=1S/C10H17NO2/c1-2-10(12-3-4-13-10)5-9-7-11-6-8(1)9/h8-9,11H,1-7H2. The first-order valence-corrected chi connectivity index (χ1v) is 5.37. The molecule has 0 aromatic carbocycles. The Labute approximate surface area is 78.8 Å². The van der Waals surface area contributed by atoms with E-state index >= 15 is 0 Å². The molecule has 0 bridgehead atoms. The first-order valence-electron chi connectivity index (χ1n) is 5.37. The van der Waals surface area contributed by atoms with Crippen LogP contribution in [0.15, 0.2) is 0 Å². The van der Waals surface area contributed by atoms with E-state index in [9.17, 15) is 0 Å². The molecule has 1 aliphatic carbocycles. The minimum absolute atomic E-state index is 0.173. The van der Waals surface area contributed by atoms with E-state index in [1.165, 1.54) is 19.5 Å². The summed E-state index contributed by atoms with van der Waals surface area (Å²) in [5, 5.41) is 3.46. The molecule has 3 nitrogen and oxygen atoms in total. The Morgan fingerprint density at radius 1 is 1.08 bits per heavy atom. The van der Waals surface area contributed by atoms with Crippen LogP contribution in [0.4, 0.5) is 0 Å². The maximum Gasteiger partial charge on any atom is 0.168 e. The molecule has 0 amide bonds. The second-order valence-electron chi connectivity index (χ2n) is 4.53. The van der Waals surface area contributed by atoms with E-state index in [2.05, 4.69) is 5.32 Å². The van der Waals surface area contributed by atoms with Crippen molar-refractivity contribution in [3.63, 3.8) is 0 Å². The van der Waals surface area contributed by atoms with Gasteiger partial charge in [-0.3, -0.25) is 0 Å². The summed E-state index contributed by atoms with van der Waals surface area (Å²) in [6.07, 6.45) is 3.50. The molecule has 3 fully saturated rings. The summed E-state index contributed by atoms with van der Waals surface area (Å²) >= 11 is 0. The zero-order valence-corrected chi connectivity index (χ0v) is 7.92. The Balaban J connectivity index is 1.73. The van der Waals surface area contributed by atoms with Crippen LogP contribution < -0.4 is 5.32 Å². The zero-order valence-electron chi connectivity index (χ0n) is 7.92. The summed E-state index contributed by atoms with van der Waals surface area (Å²) in [4.78, 5) is 0. The SMILES string of the molecule is C1COC2(CCC3CNCC3C2)O1. The molecular formula is C10H17NO2. The van der Waals surface area contributed by atoms with Gasteiger partial charge in [-0.1, -0.05) is 0 Å². The third-order valence-corrected chi connectivity index (χ3v) is 3.76. The van der Waals surface area contributed by atoms with Gasteiger partial charge in [0.1, 0.15) is 0 Å². The maximum absolute atomic E-state index is 5.74. The fraction of sp³-hybridized carbons (Fsp3) is 1.00. The van der Waals surface area contributed by atoms with E-state index in [1.807, 2.05) is 0 Å². The Bertz CT molecular complexity index is 201. The first-order chi connectivity index (χ1) is 6.38. The summed E-state index contributed by atoms with van der Waals surface area (Å²) in [7, 11) is 0. The lowest BCUT2D eigenvalue weighted by molar-refractivity contribution is -0.190. The van der Waals surface area contributed by atoms with Crippen molar-refractivity contribution in [2.75, 3.05) is 26.3 Å². The molecule has 3 rings (SSSR count). The number of hydrogen-bond acceptors (Lipinski definition) is 3. The summed E-state index contributed by atoms with van der Waals surface area (Å²) < 4.78 is 11.5. The largest absolute Gasteiger partial charge is 0.348 e. The van der Waals surface area contributed by atoms with Crippen molar-refractivity contribution in [2.45, 2.75) is 25.0 Å². The average molecular weight is 183 g/mol. The molecule has 0 radical (unpaired) electrons. The molecule has 1 N–H and O–H groups in total. The third-order valence-electron chi connectivity index (χ3n) is 3.76. The van der Waals surface area contributed by atoms with Gasteiger partial charge in [-0.15, -0.1) is 0 Å². The topological polar surface area (TPSA) is 30.5 Å². The molecule has 2 aliphatic heterocycles. The molecule has 74 valence electrons. The van der Waals surface area contributed by atoms with Gasteiger partial charge >= 0.3 is 0 Å². The molecule has 2 saturated heterocycles. The van der Waals surface area contributed by atoms with E-state index in [4.69, 9.17) is 9.47 Å². The van der Waals surface area contributed by atoms with Gasteiger partial charge in [0.15, 0.2) is 5.79 Å². The van der Waals surface area contributed by atoms with Gasteiger partial charge in [0.2, 0.25) is 0 Å². The summed E-state index contributed by atoms with van der Waals surface area (Å²) in [5.41, 5.74) is 0. The average Bonchev–Trinajstić information content (AvgIpc) is 2.74. The smallest absolute Gasteiger partial charge is 0.168 e. The van der Waals surface area contributed by atoms with Crippen LogP contribution in [0.25, 0.3) is 0 Å². The van der Waals surface area contributed by atoms with Gasteiger partial charge in [0, 0.05) is 12.8 Å². The maximum atomic E-state index is 5.74. The normalized spacial score (nSPS) is 42.5. The van der Waals surface area contributed by atoms with Crippen molar-refractivity contribution in [2.24, 2.45) is 11.8 Å². The van der Waals surface area contributed by atoms with Crippen molar-refractivity contribution in [3.8, 4) is 0 Å². The van der Waals surface area contributed by atoms with Crippen molar-refractivity contribution in [3.05, 3.63) is 0 Å². The minimum atomic E-state index is -0.173. The predicted octanol–water partition coefficient (Wildman–Crippen LogP) is 0.749. The molecule has 2 atom stereocenters. The number of fused-ring (bicyclic) bond motifs is 1. The first kappa shape index (κ1) is 8.21. The van der Waals surface area contributed by atoms with Gasteiger partial charge in [0.25, 0.3) is 0 Å². The molecular weight excluding hydrogens is 166 g/mol. The zero-order chi connectivity index (χ0) is 8.73. The van der Waals surface area contributed by atoms with Crippen molar-refractivity contribution < 1.29 is 9.47 Å². The Hall–Kier alpha value is -0.120. The summed E-state index contributed by atoms with van der Waals surface area (Å²) in [6.45, 7) is 3.97. The van der Waals surface area contributed by atoms with Crippen LogP contribution in [0.2, 0.25) is 0 Å². The van der Waals surface area contributed by atoms with Gasteiger partial charge in [-0.2, -0.15) is 0 Å². The van der Waals surface area contributed by atoms with Crippen LogP contribution in [-0.2, 0) is 9.47 Å². The monoisotopic (exact) mass is 183 g/mol. The van der Waals surface area contributed by atoms with Gasteiger partial charge in [0.05, 0.1) is 13.2 Å². The van der Waals surface area contributed by atoms with Crippen LogP contribution in [0.3, 0.4) is 0 Å². The molecule has 2 unspecified atom stereocenters. The van der Waals surface area contributed by atoms with E-state index in [0.717, 1.165) is 37.9 Å². The molecule has 1 spiro atoms. The Morgan fingerprint density at radius 2 is 1.85 bits per heavy atom. The minimum Gasteiger partial charge on any atom is -0.348 e. The van der Waals surface area contributed by atoms with E-state index in [-0.39, 0.29) is 5.79 Å². The Morgan fingerprint density at radius 3 is 2.69 bits per heavy atom. The lowest BCUT2D eigenvalue weighted by atomic mass is 9.78. The van der Waals surface area contributed by atoms with Crippen molar-refractivity contribution >= 4 is 0 Å². The Kier molecular flexibility index (Phi) is 1.86. The molecule has 0 aromatic heterocycles. The second kappa shape index (κ2) is 2.94. The van der Waals surface area contributed by atoms with Gasteiger partial charge in [-0.05, 0) is 31.3 Å². The molecule has 13 heavy (non-hydrogen) atoms. The summed E-state index contributed by atoms with van der Waals surface area (Å²) in [5.74, 6) is 1.51. The summed E-state index contributed by atoms with van der Waals surface area (Å²) in [6, 6.07) is 0. The van der Waals surface area contributed by atoms with E-state index in [0.29, 0.717) is 0 Å². The lowest BCUT2D eigenvalue weighted by Gasteiger charge is -2.37. The number of ether oxygens (including phenoxy) is 2. The molecule has 1 saturated carbocycles. The van der Waals surface area contributed by atoms with Crippen molar-refractivity contribution in [1.82, 2.24) is 5.32 Å². The highest BCUT2D eigenvalue weighted by Gasteiger charge is 2.46. The number of hydrogen-bond donors (Lipinski definition) is 1. The lowest BCUT2D eigenvalue weighted by Crippen LogP contribution is -2.39. The highest BCUT2D eigenvalue weighted by molar-refractivity contribution is 4.92. The fourth-order valence-electron chi connectivity index (χ4n) is 3.03. The highest BCUT2D eigenvalue weighted by Crippen LogP contribution is 2.42.